The molecule has 0 aromatic heterocycles. The number of fused-ring (bicyclic) bond motifs is 5. The van der Waals surface area contributed by atoms with Crippen molar-refractivity contribution < 1.29 is 13.5 Å². The maximum Gasteiger partial charge on any atom is 0.171 e. The number of rotatable bonds is 0. The van der Waals surface area contributed by atoms with Crippen LogP contribution in [0.15, 0.2) is 35.3 Å². The second-order valence-corrected chi connectivity index (χ2v) is 7.38. The van der Waals surface area contributed by atoms with Gasteiger partial charge in [0, 0.05) is 33.4 Å². The van der Waals surface area contributed by atoms with Crippen LogP contribution in [0, 0.1) is 11.6 Å². The number of benzene rings is 2. The summed E-state index contributed by atoms with van der Waals surface area (Å²) in [5, 5.41) is 3.49. The zero-order valence-electron chi connectivity index (χ0n) is 14.0. The highest BCUT2D eigenvalue weighted by Crippen LogP contribution is 2.49. The topological polar surface area (TPSA) is 21.3 Å². The largest absolute Gasteiger partial charge is 0.452 e. The first-order valence-corrected chi connectivity index (χ1v) is 8.85. The molecule has 0 bridgehead atoms. The van der Waals surface area contributed by atoms with Crippen molar-refractivity contribution in [1.29, 1.82) is 0 Å². The summed E-state index contributed by atoms with van der Waals surface area (Å²) in [5.74, 6) is -0.789. The Bertz CT molecular complexity index is 976. The van der Waals surface area contributed by atoms with Gasteiger partial charge >= 0.3 is 0 Å². The molecule has 2 aliphatic heterocycles. The number of ether oxygens (including phenoxy) is 1. The quantitative estimate of drug-likeness (QED) is 0.555. The van der Waals surface area contributed by atoms with Crippen LogP contribution in [0.5, 0.6) is 5.75 Å². The van der Waals surface area contributed by atoms with Crippen LogP contribution in [-0.4, -0.2) is 5.54 Å². The Hall–Kier alpha value is -2.14. The van der Waals surface area contributed by atoms with Crippen LogP contribution < -0.4 is 10.1 Å². The summed E-state index contributed by atoms with van der Waals surface area (Å²) >= 11 is 3.32. The van der Waals surface area contributed by atoms with Gasteiger partial charge in [0.15, 0.2) is 11.6 Å². The third-order valence-electron chi connectivity index (χ3n) is 4.49. The maximum absolute atomic E-state index is 14.2. The molecule has 1 N–H and O–H groups in total. The van der Waals surface area contributed by atoms with E-state index in [1.54, 1.807) is 4.99 Å². The van der Waals surface area contributed by atoms with Crippen LogP contribution in [0.1, 0.15) is 31.9 Å². The third-order valence-corrected chi connectivity index (χ3v) is 4.91. The van der Waals surface area contributed by atoms with E-state index in [-0.39, 0.29) is 11.3 Å². The molecular weight excluding hydrogens is 388 g/mol. The Morgan fingerprint density at radius 1 is 1.12 bits per heavy atom. The zero-order chi connectivity index (χ0) is 17.9. The molecule has 0 saturated carbocycles. The van der Waals surface area contributed by atoms with Gasteiger partial charge in [0.2, 0.25) is 0 Å². The monoisotopic (exact) mass is 403 g/mol. The predicted octanol–water partition coefficient (Wildman–Crippen LogP) is 6.32. The number of anilines is 1. The third kappa shape index (κ3) is 2.49. The van der Waals surface area contributed by atoms with E-state index in [0.717, 1.165) is 34.0 Å². The van der Waals surface area contributed by atoms with Gasteiger partial charge in [-0.15, -0.1) is 0 Å². The molecule has 0 spiro atoms. The summed E-state index contributed by atoms with van der Waals surface area (Å²) in [4.78, 5) is 1.63. The highest BCUT2D eigenvalue weighted by molar-refractivity contribution is 9.11. The van der Waals surface area contributed by atoms with Gasteiger partial charge in [-0.25, -0.2) is 8.78 Å². The first-order chi connectivity index (χ1) is 11.8. The lowest BCUT2D eigenvalue weighted by Gasteiger charge is -2.35. The lowest BCUT2D eigenvalue weighted by molar-refractivity contribution is 0.459. The highest BCUT2D eigenvalue weighted by atomic mass is 79.9. The average molecular weight is 404 g/mol. The number of hydrogen-bond acceptors (Lipinski definition) is 2. The van der Waals surface area contributed by atoms with Crippen LogP contribution in [-0.2, 0) is 0 Å². The van der Waals surface area contributed by atoms with Gasteiger partial charge in [-0.1, -0.05) is 28.1 Å². The standard InChI is InChI=1S/C20H16BrF2NO/c1-10-8-20(2,3)24-15-5-4-12-13-6-11(22)7-14(23)19(13)25-16(9-21)18(12)17(10)15/h4-9,24H,1-3H3/b16-9+. The Kier molecular flexibility index (Phi) is 3.55. The Balaban J connectivity index is 2.07. The lowest BCUT2D eigenvalue weighted by atomic mass is 9.83. The summed E-state index contributed by atoms with van der Waals surface area (Å²) in [6.45, 7) is 6.22. The molecule has 0 fully saturated rings. The van der Waals surface area contributed by atoms with Crippen molar-refractivity contribution in [2.24, 2.45) is 0 Å². The smallest absolute Gasteiger partial charge is 0.171 e. The van der Waals surface area contributed by atoms with Gasteiger partial charge in [0.25, 0.3) is 0 Å². The lowest BCUT2D eigenvalue weighted by Crippen LogP contribution is -2.32. The maximum atomic E-state index is 14.2. The van der Waals surface area contributed by atoms with E-state index < -0.39 is 11.6 Å². The van der Waals surface area contributed by atoms with Crippen molar-refractivity contribution >= 4 is 32.9 Å². The molecule has 0 saturated heterocycles. The second-order valence-electron chi connectivity index (χ2n) is 6.92. The number of allylic oxidation sites excluding steroid dienone is 1. The normalized spacial score (nSPS) is 18.5. The van der Waals surface area contributed by atoms with Gasteiger partial charge in [-0.2, -0.15) is 0 Å². The van der Waals surface area contributed by atoms with Crippen molar-refractivity contribution in [1.82, 2.24) is 0 Å². The minimum Gasteiger partial charge on any atom is -0.452 e. The van der Waals surface area contributed by atoms with Gasteiger partial charge in [-0.3, -0.25) is 0 Å². The Labute approximate surface area is 153 Å². The van der Waals surface area contributed by atoms with Crippen molar-refractivity contribution in [3.63, 3.8) is 0 Å². The van der Waals surface area contributed by atoms with E-state index in [2.05, 4.69) is 41.2 Å². The number of hydrogen-bond donors (Lipinski definition) is 1. The molecule has 2 aromatic carbocycles. The molecular formula is C20H16BrF2NO. The van der Waals surface area contributed by atoms with Gasteiger partial charge in [0.05, 0.1) is 5.54 Å². The van der Waals surface area contributed by atoms with E-state index in [0.29, 0.717) is 11.3 Å². The van der Waals surface area contributed by atoms with E-state index in [1.807, 2.05) is 19.1 Å². The summed E-state index contributed by atoms with van der Waals surface area (Å²) in [5.41, 5.74) is 4.87. The summed E-state index contributed by atoms with van der Waals surface area (Å²) in [6.07, 6.45) is 2.14. The molecule has 0 aliphatic carbocycles. The molecule has 2 aromatic rings. The fraction of sp³-hybridized carbons (Fsp3) is 0.200. The van der Waals surface area contributed by atoms with Crippen molar-refractivity contribution in [3.8, 4) is 16.9 Å². The minimum atomic E-state index is -0.711. The van der Waals surface area contributed by atoms with Gasteiger partial charge in [-0.05, 0) is 44.0 Å². The molecule has 5 heteroatoms. The molecule has 0 amide bonds. The van der Waals surface area contributed by atoms with E-state index in [4.69, 9.17) is 4.74 Å². The fourth-order valence-corrected chi connectivity index (χ4v) is 4.02. The van der Waals surface area contributed by atoms with Crippen LogP contribution >= 0.6 is 15.9 Å². The first kappa shape index (κ1) is 16.3. The molecule has 2 nitrogen and oxygen atoms in total. The molecule has 0 atom stereocenters. The molecule has 4 rings (SSSR count). The molecule has 2 aliphatic rings. The predicted molar refractivity (Wildman–Crippen MR) is 101 cm³/mol. The highest BCUT2D eigenvalue weighted by Gasteiger charge is 2.32. The Morgan fingerprint density at radius 2 is 1.88 bits per heavy atom. The number of nitrogens with one attached hydrogen (secondary N) is 1. The molecule has 2 heterocycles. The van der Waals surface area contributed by atoms with E-state index >= 15 is 0 Å². The van der Waals surface area contributed by atoms with Gasteiger partial charge < -0.3 is 10.1 Å². The minimum absolute atomic E-state index is 0.0466. The zero-order valence-corrected chi connectivity index (χ0v) is 15.6. The average Bonchev–Trinajstić information content (AvgIpc) is 2.52. The summed E-state index contributed by atoms with van der Waals surface area (Å²) in [6, 6.07) is 5.99. The van der Waals surface area contributed by atoms with Crippen molar-refractivity contribution in [2.75, 3.05) is 5.32 Å². The van der Waals surface area contributed by atoms with Gasteiger partial charge in [0.1, 0.15) is 11.6 Å². The van der Waals surface area contributed by atoms with E-state index in [1.165, 1.54) is 6.07 Å². The second kappa shape index (κ2) is 5.43. The first-order valence-electron chi connectivity index (χ1n) is 7.94. The van der Waals surface area contributed by atoms with Crippen molar-refractivity contribution in [3.05, 3.63) is 58.1 Å². The van der Waals surface area contributed by atoms with Crippen LogP contribution in [0.4, 0.5) is 14.5 Å². The van der Waals surface area contributed by atoms with Crippen LogP contribution in [0.2, 0.25) is 0 Å². The van der Waals surface area contributed by atoms with Crippen LogP contribution in [0.25, 0.3) is 22.5 Å². The molecule has 0 unspecified atom stereocenters. The van der Waals surface area contributed by atoms with Crippen LogP contribution in [0.3, 0.4) is 0 Å². The Morgan fingerprint density at radius 3 is 2.60 bits per heavy atom. The van der Waals surface area contributed by atoms with Crippen molar-refractivity contribution in [2.45, 2.75) is 26.3 Å². The SMILES string of the molecule is CC1=CC(C)(C)Nc2ccc3c(c21)/C(=C\Br)Oc1c(F)cc(F)cc1-3. The fourth-order valence-electron chi connectivity index (χ4n) is 3.70. The number of halogens is 3. The molecule has 25 heavy (non-hydrogen) atoms. The summed E-state index contributed by atoms with van der Waals surface area (Å²) in [7, 11) is 0. The summed E-state index contributed by atoms with van der Waals surface area (Å²) < 4.78 is 33.8. The molecule has 128 valence electrons. The van der Waals surface area contributed by atoms with E-state index in [9.17, 15) is 8.78 Å². The molecule has 0 radical (unpaired) electrons.